The summed E-state index contributed by atoms with van der Waals surface area (Å²) >= 11 is 6.73. The van der Waals surface area contributed by atoms with Crippen molar-refractivity contribution >= 4 is 50.5 Å². The van der Waals surface area contributed by atoms with Crippen LogP contribution in [-0.4, -0.2) is 27.0 Å². The van der Waals surface area contributed by atoms with Gasteiger partial charge in [0.05, 0.1) is 20.8 Å². The molecule has 1 fully saturated rings. The molecule has 3 N–H and O–H groups in total. The van der Waals surface area contributed by atoms with E-state index < -0.39 is 5.82 Å². The molecule has 3 aromatic heterocycles. The van der Waals surface area contributed by atoms with Gasteiger partial charge in [0.15, 0.2) is 16.7 Å². The summed E-state index contributed by atoms with van der Waals surface area (Å²) in [5, 5.41) is 9.41. The molecule has 182 valence electrons. The Morgan fingerprint density at radius 1 is 1.20 bits per heavy atom. The average Bonchev–Trinajstić information content (AvgIpc) is 3.53. The second-order valence-corrected chi connectivity index (χ2v) is 9.68. The molecule has 4 aromatic rings. The lowest BCUT2D eigenvalue weighted by molar-refractivity contribution is -0.119. The number of fused-ring (bicyclic) bond motifs is 1. The van der Waals surface area contributed by atoms with Crippen LogP contribution >= 0.6 is 23.6 Å². The Labute approximate surface area is 213 Å². The van der Waals surface area contributed by atoms with Gasteiger partial charge < -0.3 is 20.7 Å². The lowest BCUT2D eigenvalue weighted by Crippen LogP contribution is -2.30. The quantitative estimate of drug-likeness (QED) is 0.268. The number of rotatable bonds is 7. The number of hydrogen-bond donors (Lipinski definition) is 3. The molecule has 10 heteroatoms. The average molecular weight is 512 g/mol. The van der Waals surface area contributed by atoms with Crippen LogP contribution in [0.25, 0.3) is 20.8 Å². The van der Waals surface area contributed by atoms with Crippen LogP contribution in [0.4, 0.5) is 10.1 Å². The first kappa shape index (κ1) is 23.1. The summed E-state index contributed by atoms with van der Waals surface area (Å²) in [6.45, 7) is 1.91. The monoisotopic (exact) mass is 511 g/mol. The van der Waals surface area contributed by atoms with E-state index in [2.05, 4.69) is 25.9 Å². The van der Waals surface area contributed by atoms with Crippen molar-refractivity contribution < 1.29 is 16.8 Å². The van der Waals surface area contributed by atoms with Gasteiger partial charge in [0.2, 0.25) is 5.91 Å². The molecule has 35 heavy (non-hydrogen) atoms. The molecule has 1 saturated carbocycles. The lowest BCUT2D eigenvalue weighted by Gasteiger charge is -2.12. The Balaban J connectivity index is 0.00000190. The van der Waals surface area contributed by atoms with Crippen molar-refractivity contribution in [3.05, 3.63) is 66.2 Å². The summed E-state index contributed by atoms with van der Waals surface area (Å²) in [5.41, 5.74) is 2.98. The van der Waals surface area contributed by atoms with Crippen LogP contribution in [0.2, 0.25) is 0 Å². The molecular weight excluding hydrogens is 485 g/mol. The summed E-state index contributed by atoms with van der Waals surface area (Å²) < 4.78 is 21.5. The van der Waals surface area contributed by atoms with Crippen LogP contribution in [0.15, 0.2) is 54.9 Å². The van der Waals surface area contributed by atoms with Crippen molar-refractivity contribution in [2.75, 3.05) is 5.32 Å². The van der Waals surface area contributed by atoms with Crippen LogP contribution in [0.1, 0.15) is 28.2 Å². The summed E-state index contributed by atoms with van der Waals surface area (Å²) in [6.07, 6.45) is 5.58. The Hall–Kier alpha value is -3.63. The van der Waals surface area contributed by atoms with Crippen LogP contribution in [0.3, 0.4) is 0 Å². The van der Waals surface area contributed by atoms with E-state index in [1.165, 1.54) is 24.3 Å². The van der Waals surface area contributed by atoms with E-state index in [-0.39, 0.29) is 14.5 Å². The Kier molecular flexibility index (Phi) is 6.56. The maximum absolute atomic E-state index is 14.8. The number of benzene rings is 1. The first-order valence-electron chi connectivity index (χ1n) is 11.1. The van der Waals surface area contributed by atoms with E-state index in [9.17, 15) is 9.18 Å². The van der Waals surface area contributed by atoms with Gasteiger partial charge in [0.25, 0.3) is 0 Å². The van der Waals surface area contributed by atoms with E-state index in [1.807, 2.05) is 18.2 Å². The topological polar surface area (TPSA) is 88.2 Å². The number of halogens is 1. The second kappa shape index (κ2) is 9.93. The number of aromatic nitrogens is 2. The molecule has 7 nitrogen and oxygen atoms in total. The summed E-state index contributed by atoms with van der Waals surface area (Å²) in [4.78, 5) is 20.9. The number of thiocarbonyl (C=S) groups is 1. The number of thiophene rings is 1. The molecule has 0 atom stereocenters. The normalized spacial score (nSPS) is 12.9. The molecule has 3 heterocycles. The van der Waals surface area contributed by atoms with Crippen LogP contribution in [0.5, 0.6) is 11.5 Å². The molecule has 1 aromatic carbocycles. The third-order valence-corrected chi connectivity index (χ3v) is 6.70. The SMILES string of the molecule is CC(=O)NCc1ccc(-c2cc3nccc(Oc4ccc(NC(=S)NC5CC5)cc4F)c3s2)nc1.[HH].[HH]. The molecular formula is C25H26FN5O2S2. The van der Waals surface area contributed by atoms with E-state index in [0.29, 0.717) is 29.1 Å². The van der Waals surface area contributed by atoms with Gasteiger partial charge in [-0.25, -0.2) is 4.39 Å². The van der Waals surface area contributed by atoms with Crippen molar-refractivity contribution in [1.29, 1.82) is 0 Å². The molecule has 0 spiro atoms. The van der Waals surface area contributed by atoms with Crippen molar-refractivity contribution in [2.24, 2.45) is 0 Å². The molecule has 1 aliphatic rings. The van der Waals surface area contributed by atoms with Crippen LogP contribution < -0.4 is 20.7 Å². The highest BCUT2D eigenvalue weighted by Crippen LogP contribution is 2.39. The molecule has 0 unspecified atom stereocenters. The number of anilines is 1. The Morgan fingerprint density at radius 2 is 2.06 bits per heavy atom. The minimum atomic E-state index is -0.498. The van der Waals surface area contributed by atoms with Crippen molar-refractivity contribution in [3.8, 4) is 22.1 Å². The first-order chi connectivity index (χ1) is 16.9. The van der Waals surface area contributed by atoms with Gasteiger partial charge in [-0.05, 0) is 54.9 Å². The van der Waals surface area contributed by atoms with Crippen molar-refractivity contribution in [2.45, 2.75) is 32.4 Å². The lowest BCUT2D eigenvalue weighted by atomic mass is 10.2. The molecule has 0 bridgehead atoms. The molecule has 5 rings (SSSR count). The minimum absolute atomic E-state index is 0. The number of amides is 1. The summed E-state index contributed by atoms with van der Waals surface area (Å²) in [6, 6.07) is 12.6. The van der Waals surface area contributed by atoms with Gasteiger partial charge in [0, 0.05) is 52.6 Å². The second-order valence-electron chi connectivity index (χ2n) is 8.22. The number of pyridine rings is 2. The molecule has 0 saturated heterocycles. The number of ether oxygens (including phenoxy) is 1. The Morgan fingerprint density at radius 3 is 2.77 bits per heavy atom. The molecule has 1 amide bonds. The number of nitrogens with one attached hydrogen (secondary N) is 3. The molecule has 0 radical (unpaired) electrons. The van der Waals surface area contributed by atoms with Crippen molar-refractivity contribution in [1.82, 2.24) is 20.6 Å². The van der Waals surface area contributed by atoms with E-state index in [4.69, 9.17) is 17.0 Å². The third kappa shape index (κ3) is 5.72. The zero-order chi connectivity index (χ0) is 24.4. The molecule has 0 aliphatic heterocycles. The van der Waals surface area contributed by atoms with Crippen molar-refractivity contribution in [3.63, 3.8) is 0 Å². The summed E-state index contributed by atoms with van der Waals surface area (Å²) in [7, 11) is 0. The highest BCUT2D eigenvalue weighted by Gasteiger charge is 2.22. The smallest absolute Gasteiger partial charge is 0.217 e. The minimum Gasteiger partial charge on any atom is -0.453 e. The predicted octanol–water partition coefficient (Wildman–Crippen LogP) is 5.87. The number of nitrogens with zero attached hydrogens (tertiary/aromatic N) is 2. The fraction of sp³-hybridized carbons (Fsp3) is 0.200. The highest BCUT2D eigenvalue weighted by atomic mass is 32.1. The van der Waals surface area contributed by atoms with Gasteiger partial charge in [0.1, 0.15) is 5.75 Å². The van der Waals surface area contributed by atoms with Gasteiger partial charge >= 0.3 is 0 Å². The van der Waals surface area contributed by atoms with E-state index >= 15 is 0 Å². The van der Waals surface area contributed by atoms with E-state index in [0.717, 1.165) is 39.2 Å². The molecule has 1 aliphatic carbocycles. The standard InChI is InChI=1S/C25H22FN5O2S2.2H2/c1-14(32)28-12-15-2-6-19(29-13-15)23-11-20-24(35-23)22(8-9-27-20)33-21-7-5-17(10-18(21)26)31-25(34)30-16-3-4-16;;/h2,5-11,13,16H,3-4,12H2,1H3,(H,28,32)(H2,30,31,34);2*1H. The maximum atomic E-state index is 14.8. The van der Waals surface area contributed by atoms with Gasteiger partial charge in [-0.2, -0.15) is 0 Å². The maximum Gasteiger partial charge on any atom is 0.217 e. The highest BCUT2D eigenvalue weighted by molar-refractivity contribution is 7.80. The van der Waals surface area contributed by atoms with Gasteiger partial charge in [-0.1, -0.05) is 6.07 Å². The summed E-state index contributed by atoms with van der Waals surface area (Å²) in [5.74, 6) is 0.0366. The fourth-order valence-electron chi connectivity index (χ4n) is 3.38. The zero-order valence-corrected chi connectivity index (χ0v) is 20.4. The van der Waals surface area contributed by atoms with Crippen LogP contribution in [-0.2, 0) is 11.3 Å². The number of carbonyl (C=O) groups is 1. The number of carbonyl (C=O) groups excluding carboxylic acids is 1. The third-order valence-electron chi connectivity index (χ3n) is 5.32. The Bertz CT molecular complexity index is 1410. The largest absolute Gasteiger partial charge is 0.453 e. The zero-order valence-electron chi connectivity index (χ0n) is 18.8. The fourth-order valence-corrected chi connectivity index (χ4v) is 4.71. The number of hydrogen-bond acceptors (Lipinski definition) is 6. The van der Waals surface area contributed by atoms with Crippen LogP contribution in [0, 0.1) is 5.82 Å². The van der Waals surface area contributed by atoms with Gasteiger partial charge in [-0.3, -0.25) is 14.8 Å². The first-order valence-corrected chi connectivity index (χ1v) is 12.3. The van der Waals surface area contributed by atoms with E-state index in [1.54, 1.807) is 30.6 Å². The predicted molar refractivity (Wildman–Crippen MR) is 143 cm³/mol. The van der Waals surface area contributed by atoms with Gasteiger partial charge in [-0.15, -0.1) is 11.3 Å².